The molecule has 12 heavy (non-hydrogen) atoms. The Morgan fingerprint density at radius 1 is 1.25 bits per heavy atom. The van der Waals surface area contributed by atoms with E-state index in [1.54, 1.807) is 0 Å². The molecule has 1 N–H and O–H groups in total. The number of aliphatic hydroxyl groups excluding tert-OH is 1. The number of hydrogen-bond acceptors (Lipinski definition) is 1. The molecule has 3 rings (SSSR count). The van der Waals surface area contributed by atoms with E-state index in [2.05, 4.69) is 25.2 Å². The van der Waals surface area contributed by atoms with Crippen LogP contribution in [0.3, 0.4) is 0 Å². The average molecular weight is 162 g/mol. The second-order valence-corrected chi connectivity index (χ2v) is 4.61. The van der Waals surface area contributed by atoms with Gasteiger partial charge in [-0.2, -0.15) is 0 Å². The minimum atomic E-state index is -0.206. The second kappa shape index (κ2) is 1.85. The molecule has 3 aliphatic carbocycles. The zero-order chi connectivity index (χ0) is 8.34. The third-order valence-corrected chi connectivity index (χ3v) is 4.23. The molecule has 0 radical (unpaired) electrons. The van der Waals surface area contributed by atoms with Gasteiger partial charge in [0.05, 0.1) is 6.10 Å². The zero-order valence-electron chi connectivity index (χ0n) is 7.27. The average Bonchev–Trinajstić information content (AvgIpc) is 2.65. The van der Waals surface area contributed by atoms with Gasteiger partial charge < -0.3 is 5.11 Å². The van der Waals surface area contributed by atoms with E-state index in [4.69, 9.17) is 0 Å². The number of allylic oxidation sites excluding steroid dienone is 3. The van der Waals surface area contributed by atoms with Crippen LogP contribution in [0.25, 0.3) is 0 Å². The number of fused-ring (bicyclic) bond motifs is 5. The summed E-state index contributed by atoms with van der Waals surface area (Å²) in [4.78, 5) is 0. The van der Waals surface area contributed by atoms with Gasteiger partial charge in [-0.3, -0.25) is 0 Å². The van der Waals surface area contributed by atoms with Gasteiger partial charge in [-0.25, -0.2) is 0 Å². The van der Waals surface area contributed by atoms with Gasteiger partial charge in [0.1, 0.15) is 0 Å². The Hall–Kier alpha value is -0.560. The van der Waals surface area contributed by atoms with E-state index < -0.39 is 0 Å². The topological polar surface area (TPSA) is 20.2 Å². The van der Waals surface area contributed by atoms with E-state index in [0.717, 1.165) is 0 Å². The Bertz CT molecular complexity index is 279. The Balaban J connectivity index is 2.11. The maximum atomic E-state index is 9.86. The van der Waals surface area contributed by atoms with Gasteiger partial charge in [-0.05, 0) is 24.2 Å². The SMILES string of the molecule is C[C@@]12[C@@H]3C=C[C@@H](C3)[C@@H]1C=C[C@@H]2O. The lowest BCUT2D eigenvalue weighted by Crippen LogP contribution is -2.36. The van der Waals surface area contributed by atoms with Crippen molar-refractivity contribution in [3.8, 4) is 0 Å². The van der Waals surface area contributed by atoms with Crippen LogP contribution in [0.1, 0.15) is 13.3 Å². The molecule has 64 valence electrons. The molecule has 3 aliphatic rings. The molecule has 1 fully saturated rings. The summed E-state index contributed by atoms with van der Waals surface area (Å²) in [7, 11) is 0. The van der Waals surface area contributed by atoms with Crippen molar-refractivity contribution < 1.29 is 5.11 Å². The standard InChI is InChI=1S/C11H14O/c1-11-8-3-2-7(6-8)9(11)4-5-10(11)12/h2-5,7-10,12H,6H2,1H3/t7-,8+,9-,10-,11+/m0/s1. The van der Waals surface area contributed by atoms with Crippen LogP contribution < -0.4 is 0 Å². The summed E-state index contributed by atoms with van der Waals surface area (Å²) in [6, 6.07) is 0. The highest BCUT2D eigenvalue weighted by Crippen LogP contribution is 2.60. The second-order valence-electron chi connectivity index (χ2n) is 4.61. The minimum absolute atomic E-state index is 0.138. The van der Waals surface area contributed by atoms with Gasteiger partial charge in [0.25, 0.3) is 0 Å². The molecule has 0 amide bonds. The lowest BCUT2D eigenvalue weighted by molar-refractivity contribution is 0.0449. The first-order valence-corrected chi connectivity index (χ1v) is 4.77. The first-order valence-electron chi connectivity index (χ1n) is 4.77. The molecule has 0 aromatic rings. The third-order valence-electron chi connectivity index (χ3n) is 4.23. The summed E-state index contributed by atoms with van der Waals surface area (Å²) < 4.78 is 0. The number of rotatable bonds is 0. The van der Waals surface area contributed by atoms with E-state index >= 15 is 0 Å². The molecule has 5 atom stereocenters. The predicted molar refractivity (Wildman–Crippen MR) is 47.5 cm³/mol. The van der Waals surface area contributed by atoms with Crippen molar-refractivity contribution in [2.75, 3.05) is 0 Å². The van der Waals surface area contributed by atoms with Crippen LogP contribution in [0.15, 0.2) is 24.3 Å². The van der Waals surface area contributed by atoms with E-state index in [1.807, 2.05) is 6.08 Å². The molecule has 0 aromatic heterocycles. The highest BCUT2D eigenvalue weighted by atomic mass is 16.3. The molecule has 0 aliphatic heterocycles. The van der Waals surface area contributed by atoms with Crippen molar-refractivity contribution >= 4 is 0 Å². The Morgan fingerprint density at radius 3 is 2.83 bits per heavy atom. The quantitative estimate of drug-likeness (QED) is 0.538. The number of aliphatic hydroxyl groups is 1. The summed E-state index contributed by atoms with van der Waals surface area (Å²) in [6.45, 7) is 2.23. The Kier molecular flexibility index (Phi) is 1.06. The largest absolute Gasteiger partial charge is 0.388 e. The zero-order valence-corrected chi connectivity index (χ0v) is 7.27. The van der Waals surface area contributed by atoms with E-state index in [9.17, 15) is 5.11 Å². The lowest BCUT2D eigenvalue weighted by Gasteiger charge is -2.35. The first kappa shape index (κ1) is 6.90. The molecule has 0 aromatic carbocycles. The van der Waals surface area contributed by atoms with Crippen molar-refractivity contribution in [3.63, 3.8) is 0 Å². The van der Waals surface area contributed by atoms with Gasteiger partial charge in [0.2, 0.25) is 0 Å². The smallest absolute Gasteiger partial charge is 0.0786 e. The summed E-state index contributed by atoms with van der Waals surface area (Å²) >= 11 is 0. The highest BCUT2D eigenvalue weighted by Gasteiger charge is 2.57. The summed E-state index contributed by atoms with van der Waals surface area (Å²) in [6.07, 6.45) is 9.90. The number of hydrogen-bond donors (Lipinski definition) is 1. The van der Waals surface area contributed by atoms with Crippen molar-refractivity contribution in [3.05, 3.63) is 24.3 Å². The van der Waals surface area contributed by atoms with Crippen molar-refractivity contribution in [1.82, 2.24) is 0 Å². The van der Waals surface area contributed by atoms with Crippen LogP contribution in [0.5, 0.6) is 0 Å². The van der Waals surface area contributed by atoms with E-state index in [1.165, 1.54) is 6.42 Å². The molecule has 1 nitrogen and oxygen atoms in total. The van der Waals surface area contributed by atoms with Crippen LogP contribution >= 0.6 is 0 Å². The fraction of sp³-hybridized carbons (Fsp3) is 0.636. The highest BCUT2D eigenvalue weighted by molar-refractivity contribution is 5.29. The van der Waals surface area contributed by atoms with Crippen molar-refractivity contribution in [1.29, 1.82) is 0 Å². The summed E-state index contributed by atoms with van der Waals surface area (Å²) in [5, 5.41) is 9.86. The maximum absolute atomic E-state index is 9.86. The molecule has 0 unspecified atom stereocenters. The first-order chi connectivity index (χ1) is 5.73. The van der Waals surface area contributed by atoms with Gasteiger partial charge in [0.15, 0.2) is 0 Å². The molecular weight excluding hydrogens is 148 g/mol. The van der Waals surface area contributed by atoms with Crippen LogP contribution in [-0.2, 0) is 0 Å². The van der Waals surface area contributed by atoms with E-state index in [0.29, 0.717) is 17.8 Å². The van der Waals surface area contributed by atoms with Crippen LogP contribution in [0.2, 0.25) is 0 Å². The fourth-order valence-electron chi connectivity index (χ4n) is 3.36. The van der Waals surface area contributed by atoms with E-state index in [-0.39, 0.29) is 11.5 Å². The van der Waals surface area contributed by atoms with Gasteiger partial charge >= 0.3 is 0 Å². The predicted octanol–water partition coefficient (Wildman–Crippen LogP) is 1.75. The Morgan fingerprint density at radius 2 is 2.08 bits per heavy atom. The summed E-state index contributed by atoms with van der Waals surface area (Å²) in [5.41, 5.74) is 0.138. The molecule has 1 heteroatoms. The molecule has 0 spiro atoms. The monoisotopic (exact) mass is 162 g/mol. The van der Waals surface area contributed by atoms with Crippen LogP contribution in [0, 0.1) is 23.2 Å². The van der Waals surface area contributed by atoms with Crippen LogP contribution in [-0.4, -0.2) is 11.2 Å². The van der Waals surface area contributed by atoms with Crippen molar-refractivity contribution in [2.24, 2.45) is 23.2 Å². The maximum Gasteiger partial charge on any atom is 0.0786 e. The Labute approximate surface area is 72.8 Å². The molecule has 0 saturated heterocycles. The summed E-state index contributed by atoms with van der Waals surface area (Å²) in [5.74, 6) is 1.95. The molecule has 0 heterocycles. The van der Waals surface area contributed by atoms with Crippen LogP contribution in [0.4, 0.5) is 0 Å². The van der Waals surface area contributed by atoms with Gasteiger partial charge in [-0.15, -0.1) is 0 Å². The minimum Gasteiger partial charge on any atom is -0.388 e. The third kappa shape index (κ3) is 0.535. The van der Waals surface area contributed by atoms with Crippen molar-refractivity contribution in [2.45, 2.75) is 19.4 Å². The molecular formula is C11H14O. The molecule has 1 saturated carbocycles. The normalized spacial score (nSPS) is 59.8. The fourth-order valence-corrected chi connectivity index (χ4v) is 3.36. The lowest BCUT2D eigenvalue weighted by atomic mass is 9.70. The van der Waals surface area contributed by atoms with Gasteiger partial charge in [-0.1, -0.05) is 31.2 Å². The van der Waals surface area contributed by atoms with Gasteiger partial charge in [0, 0.05) is 5.41 Å². The molecule has 2 bridgehead atoms.